The Kier molecular flexibility index (Phi) is 4.40. The molecule has 100 valence electrons. The molecule has 1 fully saturated rings. The normalized spacial score (nSPS) is 17.2. The highest BCUT2D eigenvalue weighted by molar-refractivity contribution is 9.10. The summed E-state index contributed by atoms with van der Waals surface area (Å²) in [6.07, 6.45) is 4.08. The largest absolute Gasteiger partial charge is 0.369 e. The van der Waals surface area contributed by atoms with E-state index in [1.807, 2.05) is 7.05 Å². The van der Waals surface area contributed by atoms with Crippen LogP contribution in [0.3, 0.4) is 0 Å². The molecule has 1 aliphatic heterocycles. The molecule has 0 bridgehead atoms. The lowest BCUT2D eigenvalue weighted by Crippen LogP contribution is -2.38. The molecule has 6 heteroatoms. The second-order valence-electron chi connectivity index (χ2n) is 4.76. The zero-order valence-corrected chi connectivity index (χ0v) is 12.4. The molecule has 0 aliphatic carbocycles. The van der Waals surface area contributed by atoms with Crippen molar-refractivity contribution < 1.29 is 0 Å². The molecule has 5 nitrogen and oxygen atoms in total. The van der Waals surface area contributed by atoms with E-state index < -0.39 is 0 Å². The number of nitrogens with zero attached hydrogens (tertiary/aromatic N) is 3. The molecule has 1 aromatic rings. The first-order valence-electron chi connectivity index (χ1n) is 6.25. The van der Waals surface area contributed by atoms with Crippen molar-refractivity contribution in [3.05, 3.63) is 21.0 Å². The van der Waals surface area contributed by atoms with Crippen LogP contribution in [0.5, 0.6) is 0 Å². The molecule has 0 amide bonds. The maximum Gasteiger partial charge on any atom is 0.282 e. The Morgan fingerprint density at radius 2 is 2.17 bits per heavy atom. The third kappa shape index (κ3) is 2.75. The average Bonchev–Trinajstić information content (AvgIpc) is 2.38. The molecule has 1 aliphatic rings. The molecule has 0 spiro atoms. The van der Waals surface area contributed by atoms with Gasteiger partial charge in [-0.05, 0) is 48.3 Å². The number of halogens is 1. The van der Waals surface area contributed by atoms with E-state index in [1.54, 1.807) is 13.2 Å². The number of nitrogens with one attached hydrogen (secondary N) is 1. The van der Waals surface area contributed by atoms with E-state index in [2.05, 4.69) is 31.2 Å². The van der Waals surface area contributed by atoms with Gasteiger partial charge in [-0.15, -0.1) is 0 Å². The first kappa shape index (κ1) is 13.5. The minimum atomic E-state index is -0.0788. The monoisotopic (exact) mass is 314 g/mol. The quantitative estimate of drug-likeness (QED) is 0.903. The Morgan fingerprint density at radius 1 is 1.50 bits per heavy atom. The molecular weight excluding hydrogens is 296 g/mol. The fourth-order valence-electron chi connectivity index (χ4n) is 2.39. The molecule has 0 aromatic carbocycles. The fraction of sp³-hybridized carbons (Fsp3) is 0.667. The second kappa shape index (κ2) is 5.84. The topological polar surface area (TPSA) is 50.2 Å². The number of anilines is 1. The van der Waals surface area contributed by atoms with Crippen LogP contribution in [0.25, 0.3) is 0 Å². The van der Waals surface area contributed by atoms with E-state index >= 15 is 0 Å². The zero-order chi connectivity index (χ0) is 13.1. The molecule has 0 radical (unpaired) electrons. The summed E-state index contributed by atoms with van der Waals surface area (Å²) in [5, 5.41) is 7.32. The lowest BCUT2D eigenvalue weighted by Gasteiger charge is -2.33. The van der Waals surface area contributed by atoms with Crippen LogP contribution in [0, 0.1) is 5.92 Å². The van der Waals surface area contributed by atoms with Gasteiger partial charge in [-0.1, -0.05) is 0 Å². The Labute approximate surface area is 115 Å². The molecular formula is C12H19BrN4O. The van der Waals surface area contributed by atoms with Crippen LogP contribution in [-0.2, 0) is 7.05 Å². The Hall–Kier alpha value is -0.880. The fourth-order valence-corrected chi connectivity index (χ4v) is 3.00. The minimum absolute atomic E-state index is 0.0788. The Balaban J connectivity index is 2.10. The second-order valence-corrected chi connectivity index (χ2v) is 5.55. The van der Waals surface area contributed by atoms with Gasteiger partial charge in [0.2, 0.25) is 0 Å². The smallest absolute Gasteiger partial charge is 0.282 e. The van der Waals surface area contributed by atoms with Crippen molar-refractivity contribution in [2.75, 3.05) is 31.6 Å². The Bertz CT molecular complexity index is 466. The van der Waals surface area contributed by atoms with Crippen LogP contribution >= 0.6 is 15.9 Å². The average molecular weight is 315 g/mol. The van der Waals surface area contributed by atoms with Crippen molar-refractivity contribution in [3.8, 4) is 0 Å². The highest BCUT2D eigenvalue weighted by Gasteiger charge is 2.21. The molecule has 0 atom stereocenters. The van der Waals surface area contributed by atoms with E-state index in [0.29, 0.717) is 4.47 Å². The van der Waals surface area contributed by atoms with E-state index in [9.17, 15) is 4.79 Å². The van der Waals surface area contributed by atoms with Gasteiger partial charge in [-0.2, -0.15) is 5.10 Å². The van der Waals surface area contributed by atoms with Crippen LogP contribution < -0.4 is 15.8 Å². The summed E-state index contributed by atoms with van der Waals surface area (Å²) >= 11 is 3.39. The summed E-state index contributed by atoms with van der Waals surface area (Å²) in [5.41, 5.74) is 0.839. The zero-order valence-electron chi connectivity index (χ0n) is 10.8. The number of piperidine rings is 1. The van der Waals surface area contributed by atoms with Gasteiger partial charge in [-0.25, -0.2) is 4.68 Å². The molecule has 2 rings (SSSR count). The van der Waals surface area contributed by atoms with Crippen LogP contribution in [-0.4, -0.2) is 36.5 Å². The predicted molar refractivity (Wildman–Crippen MR) is 76.0 cm³/mol. The molecule has 2 heterocycles. The van der Waals surface area contributed by atoms with Gasteiger partial charge < -0.3 is 10.2 Å². The van der Waals surface area contributed by atoms with Crippen molar-refractivity contribution in [1.29, 1.82) is 0 Å². The van der Waals surface area contributed by atoms with E-state index in [0.717, 1.165) is 44.1 Å². The van der Waals surface area contributed by atoms with Gasteiger partial charge >= 0.3 is 0 Å². The van der Waals surface area contributed by atoms with Gasteiger partial charge in [-0.3, -0.25) is 4.79 Å². The Morgan fingerprint density at radius 3 is 2.78 bits per heavy atom. The van der Waals surface area contributed by atoms with Gasteiger partial charge in [0, 0.05) is 20.1 Å². The van der Waals surface area contributed by atoms with E-state index in [1.165, 1.54) is 4.68 Å². The maximum absolute atomic E-state index is 11.8. The first-order chi connectivity index (χ1) is 8.63. The number of hydrogen-bond acceptors (Lipinski definition) is 4. The van der Waals surface area contributed by atoms with Crippen LogP contribution in [0.15, 0.2) is 15.5 Å². The number of aromatic nitrogens is 2. The summed E-state index contributed by atoms with van der Waals surface area (Å²) in [6, 6.07) is 0. The third-order valence-corrected chi connectivity index (χ3v) is 4.25. The first-order valence-corrected chi connectivity index (χ1v) is 7.04. The number of aryl methyl sites for hydroxylation is 1. The standard InChI is InChI=1S/C12H19BrN4O/c1-14-7-9-3-5-17(6-4-9)10-8-15-16(2)12(18)11(10)13/h8-9,14H,3-7H2,1-2H3. The number of hydrogen-bond donors (Lipinski definition) is 1. The van der Waals surface area contributed by atoms with Crippen molar-refractivity contribution in [2.45, 2.75) is 12.8 Å². The maximum atomic E-state index is 11.8. The summed E-state index contributed by atoms with van der Waals surface area (Å²) in [6.45, 7) is 3.05. The predicted octanol–water partition coefficient (Wildman–Crippen LogP) is 0.979. The van der Waals surface area contributed by atoms with Gasteiger partial charge in [0.25, 0.3) is 5.56 Å². The molecule has 0 unspecified atom stereocenters. The summed E-state index contributed by atoms with van der Waals surface area (Å²) < 4.78 is 1.97. The van der Waals surface area contributed by atoms with Crippen molar-refractivity contribution in [2.24, 2.45) is 13.0 Å². The summed E-state index contributed by atoms with van der Waals surface area (Å²) in [4.78, 5) is 14.1. The molecule has 1 saturated heterocycles. The third-order valence-electron chi connectivity index (χ3n) is 3.51. The van der Waals surface area contributed by atoms with Crippen LogP contribution in [0.1, 0.15) is 12.8 Å². The van der Waals surface area contributed by atoms with Crippen LogP contribution in [0.4, 0.5) is 5.69 Å². The highest BCUT2D eigenvalue weighted by atomic mass is 79.9. The van der Waals surface area contributed by atoms with E-state index in [-0.39, 0.29) is 5.56 Å². The highest BCUT2D eigenvalue weighted by Crippen LogP contribution is 2.26. The number of rotatable bonds is 3. The van der Waals surface area contributed by atoms with Crippen molar-refractivity contribution in [3.63, 3.8) is 0 Å². The van der Waals surface area contributed by atoms with E-state index in [4.69, 9.17) is 0 Å². The van der Waals surface area contributed by atoms with Crippen LogP contribution in [0.2, 0.25) is 0 Å². The minimum Gasteiger partial charge on any atom is -0.369 e. The van der Waals surface area contributed by atoms with Gasteiger partial charge in [0.1, 0.15) is 4.47 Å². The van der Waals surface area contributed by atoms with Crippen molar-refractivity contribution in [1.82, 2.24) is 15.1 Å². The van der Waals surface area contributed by atoms with Gasteiger partial charge in [0.05, 0.1) is 11.9 Å². The summed E-state index contributed by atoms with van der Waals surface area (Å²) in [7, 11) is 3.66. The van der Waals surface area contributed by atoms with Crippen molar-refractivity contribution >= 4 is 21.6 Å². The molecule has 18 heavy (non-hydrogen) atoms. The molecule has 1 aromatic heterocycles. The van der Waals surface area contributed by atoms with Gasteiger partial charge in [0.15, 0.2) is 0 Å². The summed E-state index contributed by atoms with van der Waals surface area (Å²) in [5.74, 6) is 0.740. The lowest BCUT2D eigenvalue weighted by atomic mass is 9.96. The lowest BCUT2D eigenvalue weighted by molar-refractivity contribution is 0.393. The SMILES string of the molecule is CNCC1CCN(c2cnn(C)c(=O)c2Br)CC1. The molecule has 1 N–H and O–H groups in total. The molecule has 0 saturated carbocycles.